The molecule has 3 nitrogen and oxygen atoms in total. The van der Waals surface area contributed by atoms with E-state index in [1.165, 1.54) is 5.56 Å². The van der Waals surface area contributed by atoms with Gasteiger partial charge in [0.05, 0.1) is 5.69 Å². The quantitative estimate of drug-likeness (QED) is 0.714. The van der Waals surface area contributed by atoms with E-state index in [4.69, 9.17) is 11.6 Å². The summed E-state index contributed by atoms with van der Waals surface area (Å²) in [6.07, 6.45) is 4.30. The fourth-order valence-corrected chi connectivity index (χ4v) is 2.32. The van der Waals surface area contributed by atoms with Crippen molar-refractivity contribution in [3.05, 3.63) is 64.7 Å². The van der Waals surface area contributed by atoms with E-state index in [1.807, 2.05) is 24.3 Å². The van der Waals surface area contributed by atoms with E-state index in [0.29, 0.717) is 5.15 Å². The van der Waals surface area contributed by atoms with Crippen molar-refractivity contribution in [2.45, 2.75) is 13.3 Å². The van der Waals surface area contributed by atoms with Crippen LogP contribution in [0.5, 0.6) is 0 Å². The molecule has 2 heterocycles. The molecule has 4 heteroatoms. The summed E-state index contributed by atoms with van der Waals surface area (Å²) in [4.78, 5) is 4.02. The molecule has 0 aliphatic rings. The minimum absolute atomic E-state index is 0.452. The molecule has 0 bridgehead atoms. The first-order valence-corrected chi connectivity index (χ1v) is 6.42. The maximum Gasteiger partial charge on any atom is 0.159 e. The van der Waals surface area contributed by atoms with Crippen LogP contribution in [0.15, 0.2) is 42.7 Å². The molecule has 0 unspecified atom stereocenters. The highest BCUT2D eigenvalue weighted by Crippen LogP contribution is 2.25. The second kappa shape index (κ2) is 4.94. The fraction of sp³-hybridized carbons (Fsp3) is 0.133. The van der Waals surface area contributed by atoms with Crippen molar-refractivity contribution in [3.8, 4) is 0 Å². The molecule has 0 saturated carbocycles. The highest BCUT2D eigenvalue weighted by atomic mass is 35.5. The molecule has 19 heavy (non-hydrogen) atoms. The maximum atomic E-state index is 6.10. The molecule has 3 rings (SSSR count). The van der Waals surface area contributed by atoms with Crippen LogP contribution >= 0.6 is 11.6 Å². The predicted octanol–water partition coefficient (Wildman–Crippen LogP) is 3.58. The average Bonchev–Trinajstić information content (AvgIpc) is 2.43. The van der Waals surface area contributed by atoms with Crippen molar-refractivity contribution in [2.75, 3.05) is 0 Å². The van der Waals surface area contributed by atoms with Crippen LogP contribution in [0.4, 0.5) is 0 Å². The number of benzene rings is 1. The zero-order chi connectivity index (χ0) is 13.2. The number of hydrogen-bond acceptors (Lipinski definition) is 3. The molecule has 94 valence electrons. The Morgan fingerprint density at radius 3 is 2.58 bits per heavy atom. The molecule has 0 N–H and O–H groups in total. The maximum absolute atomic E-state index is 6.10. The number of aromatic nitrogens is 3. The zero-order valence-corrected chi connectivity index (χ0v) is 11.2. The van der Waals surface area contributed by atoms with Gasteiger partial charge in [0.1, 0.15) is 0 Å². The van der Waals surface area contributed by atoms with Gasteiger partial charge >= 0.3 is 0 Å². The first kappa shape index (κ1) is 12.1. The lowest BCUT2D eigenvalue weighted by Crippen LogP contribution is -1.98. The van der Waals surface area contributed by atoms with Crippen LogP contribution in [-0.2, 0) is 6.42 Å². The number of halogens is 1. The average molecular weight is 270 g/mol. The SMILES string of the molecule is Cc1ccc2c(Cl)nnc(Cc3ccncc3)c2c1. The summed E-state index contributed by atoms with van der Waals surface area (Å²) in [5.74, 6) is 0. The molecule has 2 aromatic heterocycles. The van der Waals surface area contributed by atoms with Crippen molar-refractivity contribution in [1.82, 2.24) is 15.2 Å². The second-order valence-electron chi connectivity index (χ2n) is 4.52. The van der Waals surface area contributed by atoms with Gasteiger partial charge < -0.3 is 0 Å². The van der Waals surface area contributed by atoms with Gasteiger partial charge in [-0.1, -0.05) is 29.3 Å². The van der Waals surface area contributed by atoms with E-state index >= 15 is 0 Å². The summed E-state index contributed by atoms with van der Waals surface area (Å²) >= 11 is 6.10. The molecular formula is C15H12ClN3. The van der Waals surface area contributed by atoms with Gasteiger partial charge in [0.25, 0.3) is 0 Å². The van der Waals surface area contributed by atoms with Gasteiger partial charge in [-0.15, -0.1) is 5.10 Å². The van der Waals surface area contributed by atoms with Gasteiger partial charge in [-0.3, -0.25) is 4.98 Å². The van der Waals surface area contributed by atoms with E-state index in [1.54, 1.807) is 12.4 Å². The van der Waals surface area contributed by atoms with Crippen molar-refractivity contribution >= 4 is 22.4 Å². The fourth-order valence-electron chi connectivity index (χ4n) is 2.11. The predicted molar refractivity (Wildman–Crippen MR) is 76.3 cm³/mol. The highest BCUT2D eigenvalue weighted by Gasteiger charge is 2.08. The molecule has 0 radical (unpaired) electrons. The summed E-state index contributed by atoms with van der Waals surface area (Å²) in [5.41, 5.74) is 3.29. The molecule has 3 aromatic rings. The van der Waals surface area contributed by atoms with Gasteiger partial charge in [-0.2, -0.15) is 5.10 Å². The van der Waals surface area contributed by atoms with Crippen LogP contribution in [0.25, 0.3) is 10.8 Å². The van der Waals surface area contributed by atoms with E-state index in [0.717, 1.165) is 28.5 Å². The van der Waals surface area contributed by atoms with Crippen molar-refractivity contribution < 1.29 is 0 Å². The normalized spacial score (nSPS) is 10.8. The Morgan fingerprint density at radius 1 is 1.00 bits per heavy atom. The summed E-state index contributed by atoms with van der Waals surface area (Å²) in [6.45, 7) is 2.06. The lowest BCUT2D eigenvalue weighted by atomic mass is 10.0. The third-order valence-electron chi connectivity index (χ3n) is 3.09. The van der Waals surface area contributed by atoms with Crippen LogP contribution in [0, 0.1) is 6.92 Å². The number of pyridine rings is 1. The van der Waals surface area contributed by atoms with Crippen LogP contribution in [0.2, 0.25) is 5.15 Å². The molecule has 0 amide bonds. The molecule has 0 aliphatic heterocycles. The molecule has 0 aliphatic carbocycles. The Bertz CT molecular complexity index is 726. The van der Waals surface area contributed by atoms with Crippen LogP contribution < -0.4 is 0 Å². The van der Waals surface area contributed by atoms with Crippen molar-refractivity contribution in [3.63, 3.8) is 0 Å². The summed E-state index contributed by atoms with van der Waals surface area (Å²) < 4.78 is 0. The van der Waals surface area contributed by atoms with Gasteiger partial charge in [0, 0.05) is 29.6 Å². The van der Waals surface area contributed by atoms with Gasteiger partial charge in [0.15, 0.2) is 5.15 Å². The summed E-state index contributed by atoms with van der Waals surface area (Å²) in [7, 11) is 0. The molecular weight excluding hydrogens is 258 g/mol. The number of aryl methyl sites for hydroxylation is 1. The first-order chi connectivity index (χ1) is 9.24. The standard InChI is InChI=1S/C15H12ClN3/c1-10-2-3-12-13(8-10)14(18-19-15(12)16)9-11-4-6-17-7-5-11/h2-8H,9H2,1H3. The van der Waals surface area contributed by atoms with E-state index in [-0.39, 0.29) is 0 Å². The molecule has 0 atom stereocenters. The Kier molecular flexibility index (Phi) is 3.13. The highest BCUT2D eigenvalue weighted by molar-refractivity contribution is 6.34. The van der Waals surface area contributed by atoms with E-state index in [9.17, 15) is 0 Å². The Balaban J connectivity index is 2.13. The zero-order valence-electron chi connectivity index (χ0n) is 10.5. The van der Waals surface area contributed by atoms with Gasteiger partial charge in [-0.05, 0) is 30.7 Å². The minimum Gasteiger partial charge on any atom is -0.265 e. The van der Waals surface area contributed by atoms with Crippen LogP contribution in [0.1, 0.15) is 16.8 Å². The minimum atomic E-state index is 0.452. The summed E-state index contributed by atoms with van der Waals surface area (Å²) in [5, 5.41) is 10.7. The Hall–Kier alpha value is -2.00. The molecule has 0 spiro atoms. The van der Waals surface area contributed by atoms with Crippen LogP contribution in [0.3, 0.4) is 0 Å². The first-order valence-electron chi connectivity index (χ1n) is 6.04. The largest absolute Gasteiger partial charge is 0.265 e. The number of hydrogen-bond donors (Lipinski definition) is 0. The number of fused-ring (bicyclic) bond motifs is 1. The van der Waals surface area contributed by atoms with E-state index < -0.39 is 0 Å². The Morgan fingerprint density at radius 2 is 1.79 bits per heavy atom. The van der Waals surface area contributed by atoms with Gasteiger partial charge in [0.2, 0.25) is 0 Å². The Labute approximate surface area is 116 Å². The molecule has 0 saturated heterocycles. The smallest absolute Gasteiger partial charge is 0.159 e. The van der Waals surface area contributed by atoms with Crippen molar-refractivity contribution in [1.29, 1.82) is 0 Å². The number of rotatable bonds is 2. The lowest BCUT2D eigenvalue weighted by Gasteiger charge is -2.07. The third-order valence-corrected chi connectivity index (χ3v) is 3.37. The second-order valence-corrected chi connectivity index (χ2v) is 4.88. The number of nitrogens with zero attached hydrogens (tertiary/aromatic N) is 3. The van der Waals surface area contributed by atoms with Gasteiger partial charge in [-0.25, -0.2) is 0 Å². The lowest BCUT2D eigenvalue weighted by molar-refractivity contribution is 0.956. The third kappa shape index (κ3) is 2.42. The van der Waals surface area contributed by atoms with Crippen LogP contribution in [-0.4, -0.2) is 15.2 Å². The topological polar surface area (TPSA) is 38.7 Å². The monoisotopic (exact) mass is 269 g/mol. The summed E-state index contributed by atoms with van der Waals surface area (Å²) in [6, 6.07) is 10.1. The van der Waals surface area contributed by atoms with Crippen molar-refractivity contribution in [2.24, 2.45) is 0 Å². The molecule has 1 aromatic carbocycles. The molecule has 0 fully saturated rings. The van der Waals surface area contributed by atoms with E-state index in [2.05, 4.69) is 28.2 Å².